The van der Waals surface area contributed by atoms with E-state index in [4.69, 9.17) is 0 Å². The van der Waals surface area contributed by atoms with E-state index in [2.05, 4.69) is 56.3 Å². The smallest absolute Gasteiger partial charge is 0.00628 e. The Morgan fingerprint density at radius 1 is 0.815 bits per heavy atom. The Hall–Kier alpha value is -0.870. The van der Waals surface area contributed by atoms with Crippen LogP contribution >= 0.6 is 7.92 Å². The summed E-state index contributed by atoms with van der Waals surface area (Å²) in [6.45, 7) is 4.87. The fraction of sp³-hybridized carbons (Fsp3) is 0.615. The molecule has 1 heteroatoms. The Kier molecular flexibility index (Phi) is 6.23. The molecule has 0 N–H and O–H groups in total. The Morgan fingerprint density at radius 2 is 1.41 bits per heavy atom. The molecular weight excluding hydrogens is 343 g/mol. The summed E-state index contributed by atoms with van der Waals surface area (Å²) in [6.07, 6.45) is 23.0. The molecule has 2 fully saturated rings. The summed E-state index contributed by atoms with van der Waals surface area (Å²) in [6, 6.07) is 9.58. The van der Waals surface area contributed by atoms with Gasteiger partial charge in [0.05, 0.1) is 0 Å². The van der Waals surface area contributed by atoms with Crippen molar-refractivity contribution in [2.75, 3.05) is 0 Å². The van der Waals surface area contributed by atoms with E-state index in [1.807, 2.05) is 0 Å². The van der Waals surface area contributed by atoms with Crippen molar-refractivity contribution in [3.05, 3.63) is 48.1 Å². The molecule has 0 spiro atoms. The summed E-state index contributed by atoms with van der Waals surface area (Å²) >= 11 is 0. The number of hydrogen-bond acceptors (Lipinski definition) is 0. The van der Waals surface area contributed by atoms with Crippen molar-refractivity contribution in [3.8, 4) is 0 Å². The lowest BCUT2D eigenvalue weighted by atomic mass is 9.75. The second-order valence-corrected chi connectivity index (χ2v) is 12.4. The first-order valence-corrected chi connectivity index (χ1v) is 12.9. The van der Waals surface area contributed by atoms with E-state index in [1.165, 1.54) is 64.2 Å². The highest BCUT2D eigenvalue weighted by molar-refractivity contribution is 7.67. The Labute approximate surface area is 168 Å². The molecule has 0 aliphatic heterocycles. The van der Waals surface area contributed by atoms with E-state index in [9.17, 15) is 0 Å². The molecule has 4 rings (SSSR count). The predicted octanol–water partition coefficient (Wildman–Crippen LogP) is 7.83. The van der Waals surface area contributed by atoms with Crippen LogP contribution in [-0.4, -0.2) is 11.3 Å². The van der Waals surface area contributed by atoms with Crippen LogP contribution in [0.4, 0.5) is 0 Å². The van der Waals surface area contributed by atoms with Crippen LogP contribution < -0.4 is 5.30 Å². The topological polar surface area (TPSA) is 0 Å². The lowest BCUT2D eigenvalue weighted by Gasteiger charge is -2.41. The summed E-state index contributed by atoms with van der Waals surface area (Å²) < 4.78 is 0. The SMILES string of the molecule is CC1(C)CC=CC=C1c1ccccc1P(C1CCCCC1)C1CCCCC1. The summed E-state index contributed by atoms with van der Waals surface area (Å²) in [7, 11) is -0.0441. The van der Waals surface area contributed by atoms with E-state index in [0.717, 1.165) is 17.7 Å². The van der Waals surface area contributed by atoms with E-state index in [0.29, 0.717) is 0 Å². The Morgan fingerprint density at radius 3 is 2.00 bits per heavy atom. The monoisotopic (exact) mass is 380 g/mol. The molecule has 3 aliphatic carbocycles. The van der Waals surface area contributed by atoms with Gasteiger partial charge in [0.1, 0.15) is 0 Å². The van der Waals surface area contributed by atoms with Gasteiger partial charge < -0.3 is 0 Å². The molecule has 27 heavy (non-hydrogen) atoms. The third-order valence-corrected chi connectivity index (χ3v) is 10.7. The molecule has 0 amide bonds. The molecule has 0 aromatic heterocycles. The fourth-order valence-electron chi connectivity index (χ4n) is 5.65. The first-order valence-electron chi connectivity index (χ1n) is 11.4. The summed E-state index contributed by atoms with van der Waals surface area (Å²) in [4.78, 5) is 0. The summed E-state index contributed by atoms with van der Waals surface area (Å²) in [5.41, 5.74) is 5.38. The van der Waals surface area contributed by atoms with Gasteiger partial charge in [-0.05, 0) is 65.3 Å². The molecule has 1 aromatic carbocycles. The summed E-state index contributed by atoms with van der Waals surface area (Å²) in [5.74, 6) is 0. The van der Waals surface area contributed by atoms with Gasteiger partial charge in [-0.2, -0.15) is 0 Å². The molecule has 0 bridgehead atoms. The minimum atomic E-state index is -0.0441. The molecule has 146 valence electrons. The third kappa shape index (κ3) is 4.27. The Balaban J connectivity index is 1.76. The van der Waals surface area contributed by atoms with Gasteiger partial charge in [-0.1, -0.05) is 103 Å². The zero-order valence-corrected chi connectivity index (χ0v) is 18.3. The Bertz CT molecular complexity index is 666. The predicted molar refractivity (Wildman–Crippen MR) is 122 cm³/mol. The van der Waals surface area contributed by atoms with Gasteiger partial charge in [-0.15, -0.1) is 0 Å². The maximum atomic E-state index is 2.53. The van der Waals surface area contributed by atoms with Gasteiger partial charge >= 0.3 is 0 Å². The van der Waals surface area contributed by atoms with Gasteiger partial charge in [0, 0.05) is 0 Å². The van der Waals surface area contributed by atoms with Crippen molar-refractivity contribution in [3.63, 3.8) is 0 Å². The molecule has 0 heterocycles. The number of hydrogen-bond donors (Lipinski definition) is 0. The molecule has 1 aromatic rings. The maximum Gasteiger partial charge on any atom is -0.00628 e. The van der Waals surface area contributed by atoms with Gasteiger partial charge in [0.15, 0.2) is 0 Å². The van der Waals surface area contributed by atoms with Crippen LogP contribution in [-0.2, 0) is 0 Å². The van der Waals surface area contributed by atoms with Crippen molar-refractivity contribution in [2.45, 2.75) is 95.8 Å². The zero-order chi connectivity index (χ0) is 18.7. The van der Waals surface area contributed by atoms with Crippen LogP contribution in [0, 0.1) is 5.41 Å². The average Bonchev–Trinajstić information content (AvgIpc) is 2.70. The first-order chi connectivity index (χ1) is 13.2. The van der Waals surface area contributed by atoms with E-state index in [1.54, 1.807) is 16.4 Å². The molecular formula is C26H37P. The van der Waals surface area contributed by atoms with Crippen molar-refractivity contribution < 1.29 is 0 Å². The van der Waals surface area contributed by atoms with Crippen LogP contribution in [0.1, 0.15) is 90.0 Å². The molecule has 0 nitrogen and oxygen atoms in total. The van der Waals surface area contributed by atoms with Crippen LogP contribution in [0.2, 0.25) is 0 Å². The third-order valence-electron chi connectivity index (χ3n) is 7.16. The van der Waals surface area contributed by atoms with Crippen LogP contribution in [0.5, 0.6) is 0 Å². The normalized spacial score (nSPS) is 24.2. The van der Waals surface area contributed by atoms with Gasteiger partial charge in [0.2, 0.25) is 0 Å². The molecule has 0 atom stereocenters. The van der Waals surface area contributed by atoms with Crippen molar-refractivity contribution >= 4 is 18.8 Å². The van der Waals surface area contributed by atoms with Crippen molar-refractivity contribution in [2.24, 2.45) is 5.41 Å². The molecule has 3 aliphatic rings. The summed E-state index contributed by atoms with van der Waals surface area (Å²) in [5, 5.41) is 1.75. The maximum absolute atomic E-state index is 2.53. The van der Waals surface area contributed by atoms with E-state index >= 15 is 0 Å². The number of rotatable bonds is 4. The second kappa shape index (κ2) is 8.65. The van der Waals surface area contributed by atoms with E-state index < -0.39 is 0 Å². The highest BCUT2D eigenvalue weighted by Crippen LogP contribution is 2.56. The molecule has 0 unspecified atom stereocenters. The minimum Gasteiger partial charge on any atom is -0.0837 e. The minimum absolute atomic E-state index is 0.0441. The van der Waals surface area contributed by atoms with Gasteiger partial charge in [0.25, 0.3) is 0 Å². The quantitative estimate of drug-likeness (QED) is 0.467. The lowest BCUT2D eigenvalue weighted by Crippen LogP contribution is -2.29. The zero-order valence-electron chi connectivity index (χ0n) is 17.4. The highest BCUT2D eigenvalue weighted by Gasteiger charge is 2.35. The van der Waals surface area contributed by atoms with Crippen LogP contribution in [0.3, 0.4) is 0 Å². The molecule has 2 saturated carbocycles. The second-order valence-electron chi connectivity index (χ2n) is 9.60. The number of benzene rings is 1. The molecule has 0 radical (unpaired) electrons. The largest absolute Gasteiger partial charge is 0.0837 e. The van der Waals surface area contributed by atoms with Gasteiger partial charge in [-0.3, -0.25) is 0 Å². The van der Waals surface area contributed by atoms with Gasteiger partial charge in [-0.25, -0.2) is 0 Å². The van der Waals surface area contributed by atoms with Crippen LogP contribution in [0.15, 0.2) is 42.5 Å². The van der Waals surface area contributed by atoms with Crippen molar-refractivity contribution in [1.29, 1.82) is 0 Å². The highest BCUT2D eigenvalue weighted by atomic mass is 31.1. The fourth-order valence-corrected chi connectivity index (χ4v) is 9.61. The van der Waals surface area contributed by atoms with E-state index in [-0.39, 0.29) is 13.3 Å². The van der Waals surface area contributed by atoms with Crippen molar-refractivity contribution in [1.82, 2.24) is 0 Å². The lowest BCUT2D eigenvalue weighted by molar-refractivity contribution is 0.486. The standard InChI is InChI=1S/C26H37P/c1-26(2)20-12-11-18-24(26)23-17-9-10-19-25(23)27(21-13-5-3-6-14-21)22-15-7-4-8-16-22/h9-12,17-19,21-22H,3-8,13-16,20H2,1-2H3. The van der Waals surface area contributed by atoms with Crippen LogP contribution in [0.25, 0.3) is 5.57 Å². The average molecular weight is 381 g/mol. The first kappa shape index (κ1) is 19.4. The number of allylic oxidation sites excluding steroid dienone is 4. The molecule has 0 saturated heterocycles.